The van der Waals surface area contributed by atoms with E-state index in [-0.39, 0.29) is 6.54 Å². The number of hydrogen-bond acceptors (Lipinski definition) is 8. The third-order valence-electron chi connectivity index (χ3n) is 3.86. The van der Waals surface area contributed by atoms with E-state index >= 15 is 0 Å². The van der Waals surface area contributed by atoms with Crippen LogP contribution in [0.3, 0.4) is 0 Å². The van der Waals surface area contributed by atoms with Gasteiger partial charge in [0.05, 0.1) is 6.54 Å². The van der Waals surface area contributed by atoms with Gasteiger partial charge in [-0.25, -0.2) is 18.1 Å². The number of rotatable bonds is 8. The van der Waals surface area contributed by atoms with Crippen molar-refractivity contribution in [3.63, 3.8) is 0 Å². The highest BCUT2D eigenvalue weighted by molar-refractivity contribution is 7.89. The molecule has 0 unspecified atom stereocenters. The van der Waals surface area contributed by atoms with Crippen LogP contribution in [-0.2, 0) is 25.1 Å². The van der Waals surface area contributed by atoms with Gasteiger partial charge in [-0.3, -0.25) is 0 Å². The first-order valence-corrected chi connectivity index (χ1v) is 10.9. The lowest BCUT2D eigenvalue weighted by molar-refractivity contribution is 0.213. The quantitative estimate of drug-likeness (QED) is 0.455. The van der Waals surface area contributed by atoms with Crippen molar-refractivity contribution in [2.75, 3.05) is 27.7 Å². The number of nitrogens with zero attached hydrogens (tertiary/aromatic N) is 5. The Morgan fingerprint density at radius 2 is 1.89 bits per heavy atom. The van der Waals surface area contributed by atoms with Crippen molar-refractivity contribution in [3.05, 3.63) is 41.2 Å². The molecular weight excluding hydrogens is 408 g/mol. The first-order chi connectivity index (χ1) is 13.0. The summed E-state index contributed by atoms with van der Waals surface area (Å²) in [6, 6.07) is 5.54. The van der Waals surface area contributed by atoms with Gasteiger partial charge in [-0.1, -0.05) is 17.3 Å². The number of benzene rings is 1. The number of oxime groups is 1. The van der Waals surface area contributed by atoms with E-state index in [9.17, 15) is 16.8 Å². The van der Waals surface area contributed by atoms with Gasteiger partial charge in [0.15, 0.2) is 0 Å². The highest BCUT2D eigenvalue weighted by Gasteiger charge is 2.25. The summed E-state index contributed by atoms with van der Waals surface area (Å²) in [6.45, 7) is 3.68. The standard InChI is InChI=1S/C15H22N6O5S2/c1-11-6-7-13(8-12(11)2)14(19-26-5)9-17-27(22,23)15-16-10-21(18-15)28(24,25)20(3)4/h6-8,10,17H,9H2,1-5H3/b19-14+. The van der Waals surface area contributed by atoms with Crippen molar-refractivity contribution in [1.82, 2.24) is 23.2 Å². The molecule has 0 fully saturated rings. The topological polar surface area (TPSA) is 136 Å². The van der Waals surface area contributed by atoms with E-state index in [1.807, 2.05) is 26.0 Å². The zero-order valence-electron chi connectivity index (χ0n) is 16.1. The molecule has 0 amide bonds. The zero-order valence-corrected chi connectivity index (χ0v) is 17.7. The van der Waals surface area contributed by atoms with Crippen LogP contribution in [0.25, 0.3) is 0 Å². The van der Waals surface area contributed by atoms with Crippen molar-refractivity contribution >= 4 is 25.9 Å². The molecule has 1 N–H and O–H groups in total. The number of aryl methyl sites for hydroxylation is 2. The maximum absolute atomic E-state index is 12.4. The molecule has 154 valence electrons. The Bertz CT molecular complexity index is 1090. The number of hydrogen-bond donors (Lipinski definition) is 1. The van der Waals surface area contributed by atoms with Crippen molar-refractivity contribution < 1.29 is 21.7 Å². The van der Waals surface area contributed by atoms with Crippen LogP contribution in [0.1, 0.15) is 16.7 Å². The van der Waals surface area contributed by atoms with Crippen LogP contribution in [0.4, 0.5) is 0 Å². The monoisotopic (exact) mass is 430 g/mol. The van der Waals surface area contributed by atoms with Crippen molar-refractivity contribution in [2.24, 2.45) is 5.16 Å². The average Bonchev–Trinajstić information content (AvgIpc) is 3.13. The van der Waals surface area contributed by atoms with Crippen LogP contribution in [0, 0.1) is 13.8 Å². The van der Waals surface area contributed by atoms with E-state index in [4.69, 9.17) is 4.84 Å². The molecule has 0 saturated carbocycles. The largest absolute Gasteiger partial charge is 0.399 e. The Balaban J connectivity index is 2.25. The number of sulfonamides is 1. The Morgan fingerprint density at radius 3 is 2.46 bits per heavy atom. The third-order valence-corrected chi connectivity index (χ3v) is 6.62. The lowest BCUT2D eigenvalue weighted by Gasteiger charge is -2.10. The number of nitrogens with one attached hydrogen (secondary N) is 1. The molecule has 13 heteroatoms. The molecule has 0 bridgehead atoms. The Hall–Kier alpha value is -2.35. The van der Waals surface area contributed by atoms with Gasteiger partial charge in [0.1, 0.15) is 19.1 Å². The van der Waals surface area contributed by atoms with Gasteiger partial charge in [0.2, 0.25) is 0 Å². The first kappa shape index (κ1) is 21.9. The summed E-state index contributed by atoms with van der Waals surface area (Å²) in [5, 5.41) is 6.75. The van der Waals surface area contributed by atoms with Gasteiger partial charge in [0.25, 0.3) is 15.2 Å². The molecule has 1 aromatic heterocycles. The minimum atomic E-state index is -4.18. The molecule has 0 spiro atoms. The summed E-state index contributed by atoms with van der Waals surface area (Å²) in [7, 11) is -4.21. The zero-order chi connectivity index (χ0) is 21.1. The van der Waals surface area contributed by atoms with E-state index in [1.165, 1.54) is 21.2 Å². The van der Waals surface area contributed by atoms with E-state index in [0.717, 1.165) is 21.8 Å². The fourth-order valence-electron chi connectivity index (χ4n) is 2.08. The summed E-state index contributed by atoms with van der Waals surface area (Å²) >= 11 is 0. The lowest BCUT2D eigenvalue weighted by atomic mass is 10.0. The van der Waals surface area contributed by atoms with Gasteiger partial charge in [-0.2, -0.15) is 12.7 Å². The second-order valence-corrected chi connectivity index (χ2v) is 9.69. The normalized spacial score (nSPS) is 13.1. The van der Waals surface area contributed by atoms with Crippen molar-refractivity contribution in [3.8, 4) is 0 Å². The first-order valence-electron chi connectivity index (χ1n) is 8.01. The molecule has 0 aliphatic heterocycles. The Labute approximate surface area is 164 Å². The minimum Gasteiger partial charge on any atom is -0.399 e. The number of aromatic nitrogens is 3. The Morgan fingerprint density at radius 1 is 1.21 bits per heavy atom. The molecule has 0 atom stereocenters. The van der Waals surface area contributed by atoms with Crippen molar-refractivity contribution in [1.29, 1.82) is 0 Å². The second-order valence-electron chi connectivity index (χ2n) is 6.03. The van der Waals surface area contributed by atoms with Crippen LogP contribution in [0.15, 0.2) is 34.8 Å². The highest BCUT2D eigenvalue weighted by atomic mass is 32.2. The minimum absolute atomic E-state index is 0.201. The van der Waals surface area contributed by atoms with E-state index < -0.39 is 25.4 Å². The maximum Gasteiger partial charge on any atom is 0.323 e. The second kappa shape index (κ2) is 8.34. The summed E-state index contributed by atoms with van der Waals surface area (Å²) in [5.74, 6) is 0. The third kappa shape index (κ3) is 4.73. The Kier molecular flexibility index (Phi) is 6.54. The average molecular weight is 431 g/mol. The van der Waals surface area contributed by atoms with Crippen LogP contribution >= 0.6 is 0 Å². The molecule has 2 aromatic rings. The lowest BCUT2D eigenvalue weighted by Crippen LogP contribution is -2.32. The molecule has 1 heterocycles. The maximum atomic E-state index is 12.4. The van der Waals surface area contributed by atoms with Gasteiger partial charge < -0.3 is 4.84 Å². The predicted molar refractivity (Wildman–Crippen MR) is 103 cm³/mol. The SMILES string of the molecule is CO/N=C(\CNS(=O)(=O)c1ncn(S(=O)(=O)N(C)C)n1)c1ccc(C)c(C)c1. The smallest absolute Gasteiger partial charge is 0.323 e. The summed E-state index contributed by atoms with van der Waals surface area (Å²) in [4.78, 5) is 8.39. The van der Waals surface area contributed by atoms with Crippen LogP contribution in [0.2, 0.25) is 0 Å². The van der Waals surface area contributed by atoms with Gasteiger partial charge in [-0.05, 0) is 31.0 Å². The fraction of sp³-hybridized carbons (Fsp3) is 0.400. The van der Waals surface area contributed by atoms with Gasteiger partial charge in [0, 0.05) is 19.7 Å². The van der Waals surface area contributed by atoms with Crippen LogP contribution in [-0.4, -0.2) is 68.8 Å². The molecule has 0 aliphatic rings. The molecule has 11 nitrogen and oxygen atoms in total. The molecule has 0 radical (unpaired) electrons. The highest BCUT2D eigenvalue weighted by Crippen LogP contribution is 2.12. The van der Waals surface area contributed by atoms with Gasteiger partial charge in [-0.15, -0.1) is 9.19 Å². The van der Waals surface area contributed by atoms with E-state index in [0.29, 0.717) is 15.4 Å². The predicted octanol–water partition coefficient (Wildman–Crippen LogP) is -0.122. The molecule has 1 aromatic carbocycles. The summed E-state index contributed by atoms with van der Waals surface area (Å²) < 4.78 is 52.6. The molecule has 2 rings (SSSR count). The van der Waals surface area contributed by atoms with E-state index in [2.05, 4.69) is 20.0 Å². The van der Waals surface area contributed by atoms with Gasteiger partial charge >= 0.3 is 10.2 Å². The molecule has 0 aliphatic carbocycles. The van der Waals surface area contributed by atoms with Crippen molar-refractivity contribution in [2.45, 2.75) is 19.0 Å². The molecule has 0 saturated heterocycles. The van der Waals surface area contributed by atoms with Crippen LogP contribution in [0.5, 0.6) is 0 Å². The fourth-order valence-corrected chi connectivity index (χ4v) is 3.65. The summed E-state index contributed by atoms with van der Waals surface area (Å²) in [5.41, 5.74) is 3.12. The van der Waals surface area contributed by atoms with E-state index in [1.54, 1.807) is 6.07 Å². The molecule has 28 heavy (non-hydrogen) atoms. The summed E-state index contributed by atoms with van der Waals surface area (Å²) in [6.07, 6.45) is 0.817. The molecular formula is C15H22N6O5S2. The van der Waals surface area contributed by atoms with Crippen LogP contribution < -0.4 is 4.72 Å².